The predicted molar refractivity (Wildman–Crippen MR) is 101 cm³/mol. The maximum atomic E-state index is 5.92. The third kappa shape index (κ3) is 8.07. The number of allylic oxidation sites excluding steroid dienone is 1. The van der Waals surface area contributed by atoms with Crippen LogP contribution in [0.15, 0.2) is 35.2 Å². The Balaban J connectivity index is 1.57. The molecule has 0 saturated carbocycles. The van der Waals surface area contributed by atoms with Crippen molar-refractivity contribution in [2.24, 2.45) is 10.7 Å². The quantitative estimate of drug-likeness (QED) is 0.400. The number of morpholine rings is 1. The average Bonchev–Trinajstić information content (AvgIpc) is 2.62. The number of ether oxygens (including phenoxy) is 3. The molecule has 0 radical (unpaired) electrons. The van der Waals surface area contributed by atoms with Gasteiger partial charge in [-0.3, -0.25) is 9.89 Å². The fourth-order valence-electron chi connectivity index (χ4n) is 2.15. The number of hydrogen-bond donors (Lipinski definition) is 1. The summed E-state index contributed by atoms with van der Waals surface area (Å²) < 4.78 is 16.2. The van der Waals surface area contributed by atoms with Gasteiger partial charge in [-0.1, -0.05) is 23.2 Å². The Kier molecular flexibility index (Phi) is 9.07. The maximum absolute atomic E-state index is 5.92. The van der Waals surface area contributed by atoms with Gasteiger partial charge in [0.1, 0.15) is 6.61 Å². The number of nitrogens with two attached hydrogens (primary N) is 1. The van der Waals surface area contributed by atoms with E-state index in [1.165, 1.54) is 0 Å². The number of aliphatic imine (C=N–C) groups is 1. The SMILES string of the molecule is NC(=CC=Nc1ccc(Cl)c(Cl)c1)OCCOCCN1CCOCC1. The summed E-state index contributed by atoms with van der Waals surface area (Å²) >= 11 is 11.8. The molecule has 0 aromatic heterocycles. The number of hydrogen-bond acceptors (Lipinski definition) is 6. The van der Waals surface area contributed by atoms with E-state index in [9.17, 15) is 0 Å². The Morgan fingerprint density at radius 3 is 2.76 bits per heavy atom. The molecule has 1 fully saturated rings. The molecule has 0 aliphatic carbocycles. The molecular formula is C17H23Cl2N3O3. The van der Waals surface area contributed by atoms with Crippen LogP contribution in [-0.4, -0.2) is 63.8 Å². The van der Waals surface area contributed by atoms with Crippen LogP contribution in [0.3, 0.4) is 0 Å². The Morgan fingerprint density at radius 1 is 1.20 bits per heavy atom. The minimum atomic E-state index is 0.278. The van der Waals surface area contributed by atoms with Crippen LogP contribution in [-0.2, 0) is 14.2 Å². The minimum absolute atomic E-state index is 0.278. The molecule has 0 amide bonds. The highest BCUT2D eigenvalue weighted by molar-refractivity contribution is 6.42. The topological polar surface area (TPSA) is 69.3 Å². The van der Waals surface area contributed by atoms with Crippen LogP contribution in [0.1, 0.15) is 0 Å². The Hall–Kier alpha value is -1.31. The Bertz CT molecular complexity index is 591. The molecule has 1 aliphatic heterocycles. The van der Waals surface area contributed by atoms with Crippen molar-refractivity contribution in [3.8, 4) is 0 Å². The van der Waals surface area contributed by atoms with Gasteiger partial charge >= 0.3 is 0 Å². The average molecular weight is 388 g/mol. The highest BCUT2D eigenvalue weighted by atomic mass is 35.5. The number of rotatable bonds is 9. The molecule has 1 aliphatic rings. The molecule has 1 aromatic rings. The first-order valence-electron chi connectivity index (χ1n) is 8.10. The van der Waals surface area contributed by atoms with Gasteiger partial charge < -0.3 is 19.9 Å². The smallest absolute Gasteiger partial charge is 0.185 e. The molecule has 8 heteroatoms. The van der Waals surface area contributed by atoms with Crippen LogP contribution < -0.4 is 5.73 Å². The molecule has 6 nitrogen and oxygen atoms in total. The molecule has 1 saturated heterocycles. The molecule has 0 atom stereocenters. The highest BCUT2D eigenvalue weighted by Crippen LogP contribution is 2.26. The van der Waals surface area contributed by atoms with E-state index in [2.05, 4.69) is 9.89 Å². The first-order valence-corrected chi connectivity index (χ1v) is 8.86. The van der Waals surface area contributed by atoms with Crippen molar-refractivity contribution >= 4 is 35.1 Å². The molecule has 1 aromatic carbocycles. The lowest BCUT2D eigenvalue weighted by Gasteiger charge is -2.26. The second-order valence-corrected chi connectivity index (χ2v) is 6.17. The zero-order chi connectivity index (χ0) is 17.9. The number of nitrogens with zero attached hydrogens (tertiary/aromatic N) is 2. The standard InChI is InChI=1S/C17H23Cl2N3O3/c18-15-2-1-14(13-16(15)19)21-4-3-17(20)25-12-11-24-10-7-22-5-8-23-9-6-22/h1-4,13H,5-12,20H2. The van der Waals surface area contributed by atoms with Crippen molar-refractivity contribution in [3.63, 3.8) is 0 Å². The molecule has 2 N–H and O–H groups in total. The largest absolute Gasteiger partial charge is 0.477 e. The number of benzene rings is 1. The minimum Gasteiger partial charge on any atom is -0.477 e. The summed E-state index contributed by atoms with van der Waals surface area (Å²) in [6, 6.07) is 5.12. The van der Waals surface area contributed by atoms with Gasteiger partial charge in [0, 0.05) is 31.9 Å². The lowest BCUT2D eigenvalue weighted by Crippen LogP contribution is -2.38. The van der Waals surface area contributed by atoms with Gasteiger partial charge in [-0.2, -0.15) is 0 Å². The molecule has 2 rings (SSSR count). The van der Waals surface area contributed by atoms with Crippen molar-refractivity contribution in [1.29, 1.82) is 0 Å². The third-order valence-electron chi connectivity index (χ3n) is 3.52. The van der Waals surface area contributed by atoms with Gasteiger partial charge in [0.2, 0.25) is 0 Å². The van der Waals surface area contributed by atoms with Crippen molar-refractivity contribution in [1.82, 2.24) is 4.90 Å². The summed E-state index contributed by atoms with van der Waals surface area (Å²) in [7, 11) is 0. The highest BCUT2D eigenvalue weighted by Gasteiger charge is 2.09. The number of halogens is 2. The zero-order valence-corrected chi connectivity index (χ0v) is 15.5. The van der Waals surface area contributed by atoms with E-state index in [1.807, 2.05) is 0 Å². The van der Waals surface area contributed by atoms with Crippen LogP contribution in [0.5, 0.6) is 0 Å². The van der Waals surface area contributed by atoms with Crippen molar-refractivity contribution in [3.05, 3.63) is 40.2 Å². The summed E-state index contributed by atoms with van der Waals surface area (Å²) in [4.78, 5) is 6.52. The van der Waals surface area contributed by atoms with Gasteiger partial charge in [-0.05, 0) is 18.2 Å². The molecule has 138 valence electrons. The summed E-state index contributed by atoms with van der Waals surface area (Å²) in [6.45, 7) is 6.00. The van der Waals surface area contributed by atoms with Crippen LogP contribution >= 0.6 is 23.2 Å². The second-order valence-electron chi connectivity index (χ2n) is 5.36. The third-order valence-corrected chi connectivity index (χ3v) is 4.26. The zero-order valence-electron chi connectivity index (χ0n) is 14.0. The van der Waals surface area contributed by atoms with E-state index < -0.39 is 0 Å². The van der Waals surface area contributed by atoms with E-state index in [-0.39, 0.29) is 5.88 Å². The Labute approximate surface area is 158 Å². The van der Waals surface area contributed by atoms with Gasteiger partial charge in [0.15, 0.2) is 5.88 Å². The van der Waals surface area contributed by atoms with Gasteiger partial charge in [0.05, 0.1) is 42.2 Å². The molecular weight excluding hydrogens is 365 g/mol. The lowest BCUT2D eigenvalue weighted by atomic mass is 10.3. The van der Waals surface area contributed by atoms with Gasteiger partial charge in [-0.15, -0.1) is 0 Å². The fourth-order valence-corrected chi connectivity index (χ4v) is 2.44. The molecule has 0 bridgehead atoms. The van der Waals surface area contributed by atoms with E-state index in [0.717, 1.165) is 32.8 Å². The van der Waals surface area contributed by atoms with Crippen molar-refractivity contribution in [2.45, 2.75) is 0 Å². The van der Waals surface area contributed by atoms with Crippen LogP contribution in [0.4, 0.5) is 5.69 Å². The first kappa shape index (κ1) is 20.0. The van der Waals surface area contributed by atoms with E-state index in [0.29, 0.717) is 35.6 Å². The normalized spacial score (nSPS) is 16.5. The van der Waals surface area contributed by atoms with Crippen LogP contribution in [0.2, 0.25) is 10.0 Å². The Morgan fingerprint density at radius 2 is 2.00 bits per heavy atom. The summed E-state index contributed by atoms with van der Waals surface area (Å²) in [5.74, 6) is 0.278. The molecule has 25 heavy (non-hydrogen) atoms. The monoisotopic (exact) mass is 387 g/mol. The van der Waals surface area contributed by atoms with Crippen molar-refractivity contribution < 1.29 is 14.2 Å². The van der Waals surface area contributed by atoms with Gasteiger partial charge in [-0.25, -0.2) is 0 Å². The lowest BCUT2D eigenvalue weighted by molar-refractivity contribution is 0.0136. The second kappa shape index (κ2) is 11.3. The summed E-state index contributed by atoms with van der Waals surface area (Å²) in [5.41, 5.74) is 6.43. The van der Waals surface area contributed by atoms with Gasteiger partial charge in [0.25, 0.3) is 0 Å². The van der Waals surface area contributed by atoms with E-state index in [4.69, 9.17) is 43.1 Å². The molecule has 1 heterocycles. The predicted octanol–water partition coefficient (Wildman–Crippen LogP) is 2.86. The fraction of sp³-hybridized carbons (Fsp3) is 0.471. The van der Waals surface area contributed by atoms with Crippen LogP contribution in [0.25, 0.3) is 0 Å². The summed E-state index contributed by atoms with van der Waals surface area (Å²) in [5, 5.41) is 0.950. The van der Waals surface area contributed by atoms with E-state index in [1.54, 1.807) is 30.5 Å². The summed E-state index contributed by atoms with van der Waals surface area (Å²) in [6.07, 6.45) is 3.13. The maximum Gasteiger partial charge on any atom is 0.185 e. The van der Waals surface area contributed by atoms with Crippen LogP contribution in [0, 0.1) is 0 Å². The first-order chi connectivity index (χ1) is 12.1. The molecule has 0 unspecified atom stereocenters. The van der Waals surface area contributed by atoms with Crippen molar-refractivity contribution in [2.75, 3.05) is 52.7 Å². The molecule has 0 spiro atoms. The van der Waals surface area contributed by atoms with E-state index >= 15 is 0 Å².